The molecule has 116 valence electrons. The molecule has 0 aromatic heterocycles. The minimum absolute atomic E-state index is 0.467. The Balaban J connectivity index is 1.65. The van der Waals surface area contributed by atoms with Crippen LogP contribution in [0.1, 0.15) is 18.4 Å². The smallest absolute Gasteiger partial charge is 0.0479 e. The van der Waals surface area contributed by atoms with Gasteiger partial charge in [-0.2, -0.15) is 0 Å². The summed E-state index contributed by atoms with van der Waals surface area (Å²) in [5.74, 6) is 0. The molecular weight excluding hydrogens is 306 g/mol. The SMILES string of the molecule is CSc1ccc(NCC2(Cc3ccccc3)CC2)c(SC)c1. The van der Waals surface area contributed by atoms with Crippen LogP contribution in [0, 0.1) is 5.41 Å². The van der Waals surface area contributed by atoms with Crippen LogP contribution in [-0.4, -0.2) is 19.1 Å². The minimum atomic E-state index is 0.467. The van der Waals surface area contributed by atoms with Crippen LogP contribution in [-0.2, 0) is 6.42 Å². The van der Waals surface area contributed by atoms with Gasteiger partial charge in [0.15, 0.2) is 0 Å². The van der Waals surface area contributed by atoms with Gasteiger partial charge in [0.25, 0.3) is 0 Å². The van der Waals surface area contributed by atoms with Crippen molar-refractivity contribution in [2.75, 3.05) is 24.4 Å². The molecule has 0 atom stereocenters. The Kier molecular flexibility index (Phi) is 5.04. The summed E-state index contributed by atoms with van der Waals surface area (Å²) in [6.07, 6.45) is 8.16. The number of hydrogen-bond acceptors (Lipinski definition) is 3. The molecular formula is C19H23NS2. The van der Waals surface area contributed by atoms with Gasteiger partial charge in [0.2, 0.25) is 0 Å². The molecule has 2 aromatic carbocycles. The van der Waals surface area contributed by atoms with Crippen molar-refractivity contribution in [2.45, 2.75) is 29.1 Å². The lowest BCUT2D eigenvalue weighted by atomic mass is 9.96. The van der Waals surface area contributed by atoms with Gasteiger partial charge in [-0.3, -0.25) is 0 Å². The summed E-state index contributed by atoms with van der Waals surface area (Å²) in [6, 6.07) is 17.6. The first-order chi connectivity index (χ1) is 10.7. The Morgan fingerprint density at radius 1 is 1.00 bits per heavy atom. The van der Waals surface area contributed by atoms with Crippen LogP contribution in [0.15, 0.2) is 58.3 Å². The van der Waals surface area contributed by atoms with Crippen molar-refractivity contribution in [3.05, 3.63) is 54.1 Å². The van der Waals surface area contributed by atoms with Gasteiger partial charge in [0.05, 0.1) is 0 Å². The fourth-order valence-electron chi connectivity index (χ4n) is 2.85. The van der Waals surface area contributed by atoms with Gasteiger partial charge in [0.1, 0.15) is 0 Å². The molecule has 2 aromatic rings. The quantitative estimate of drug-likeness (QED) is 0.667. The maximum Gasteiger partial charge on any atom is 0.0479 e. The minimum Gasteiger partial charge on any atom is -0.384 e. The van der Waals surface area contributed by atoms with Gasteiger partial charge in [-0.25, -0.2) is 0 Å². The number of thioether (sulfide) groups is 2. The highest BCUT2D eigenvalue weighted by atomic mass is 32.2. The Hall–Kier alpha value is -1.06. The molecule has 1 aliphatic carbocycles. The van der Waals surface area contributed by atoms with E-state index in [0.29, 0.717) is 5.41 Å². The number of rotatable bonds is 7. The number of benzene rings is 2. The maximum atomic E-state index is 3.71. The fourth-order valence-corrected chi connectivity index (χ4v) is 3.97. The number of nitrogens with one attached hydrogen (secondary N) is 1. The second-order valence-corrected chi connectivity index (χ2v) is 7.81. The zero-order valence-corrected chi connectivity index (χ0v) is 14.9. The Bertz CT molecular complexity index is 621. The lowest BCUT2D eigenvalue weighted by Gasteiger charge is -2.19. The van der Waals surface area contributed by atoms with Gasteiger partial charge in [-0.05, 0) is 61.0 Å². The van der Waals surface area contributed by atoms with Gasteiger partial charge in [-0.1, -0.05) is 30.3 Å². The van der Waals surface area contributed by atoms with E-state index >= 15 is 0 Å². The van der Waals surface area contributed by atoms with E-state index in [1.54, 1.807) is 11.8 Å². The van der Waals surface area contributed by atoms with Gasteiger partial charge in [0, 0.05) is 22.0 Å². The number of anilines is 1. The second-order valence-electron chi connectivity index (χ2n) is 6.08. The Labute approximate surface area is 142 Å². The molecule has 0 amide bonds. The first-order valence-corrected chi connectivity index (χ1v) is 10.2. The van der Waals surface area contributed by atoms with Gasteiger partial charge < -0.3 is 5.32 Å². The summed E-state index contributed by atoms with van der Waals surface area (Å²) >= 11 is 3.63. The van der Waals surface area contributed by atoms with E-state index in [4.69, 9.17) is 0 Å². The van der Waals surface area contributed by atoms with Crippen molar-refractivity contribution in [2.24, 2.45) is 5.41 Å². The summed E-state index contributed by atoms with van der Waals surface area (Å²) in [4.78, 5) is 2.68. The maximum absolute atomic E-state index is 3.71. The van der Waals surface area contributed by atoms with E-state index < -0.39 is 0 Å². The van der Waals surface area contributed by atoms with Crippen LogP contribution in [0.25, 0.3) is 0 Å². The molecule has 3 rings (SSSR count). The molecule has 22 heavy (non-hydrogen) atoms. The van der Waals surface area contributed by atoms with Gasteiger partial charge >= 0.3 is 0 Å². The van der Waals surface area contributed by atoms with Crippen LogP contribution in [0.4, 0.5) is 5.69 Å². The van der Waals surface area contributed by atoms with Crippen molar-refractivity contribution in [3.63, 3.8) is 0 Å². The third-order valence-corrected chi connectivity index (χ3v) is 5.94. The molecule has 0 heterocycles. The monoisotopic (exact) mass is 329 g/mol. The molecule has 1 fully saturated rings. The Morgan fingerprint density at radius 3 is 2.41 bits per heavy atom. The van der Waals surface area contributed by atoms with E-state index in [1.807, 2.05) is 11.8 Å². The molecule has 0 bridgehead atoms. The van der Waals surface area contributed by atoms with E-state index in [1.165, 1.54) is 40.3 Å². The zero-order chi connectivity index (χ0) is 15.4. The Morgan fingerprint density at radius 2 is 1.77 bits per heavy atom. The van der Waals surface area contributed by atoms with E-state index in [0.717, 1.165) is 6.54 Å². The van der Waals surface area contributed by atoms with Crippen LogP contribution < -0.4 is 5.32 Å². The third kappa shape index (κ3) is 3.82. The molecule has 0 saturated heterocycles. The summed E-state index contributed by atoms with van der Waals surface area (Å²) in [5, 5.41) is 3.71. The normalized spacial score (nSPS) is 15.5. The number of hydrogen-bond donors (Lipinski definition) is 1. The summed E-state index contributed by atoms with van der Waals surface area (Å²) < 4.78 is 0. The highest BCUT2D eigenvalue weighted by Gasteiger charge is 2.42. The zero-order valence-electron chi connectivity index (χ0n) is 13.3. The lowest BCUT2D eigenvalue weighted by molar-refractivity contribution is 0.538. The molecule has 1 saturated carbocycles. The third-order valence-electron chi connectivity index (χ3n) is 4.44. The summed E-state index contributed by atoms with van der Waals surface area (Å²) in [7, 11) is 0. The molecule has 1 aliphatic rings. The van der Waals surface area contributed by atoms with Gasteiger partial charge in [-0.15, -0.1) is 23.5 Å². The average molecular weight is 330 g/mol. The molecule has 0 unspecified atom stereocenters. The van der Waals surface area contributed by atoms with E-state index in [2.05, 4.69) is 66.4 Å². The standard InChI is InChI=1S/C19H23NS2/c1-21-16-8-9-17(18(12-16)22-2)20-14-19(10-11-19)13-15-6-4-3-5-7-15/h3-9,12,20H,10-11,13-14H2,1-2H3. The topological polar surface area (TPSA) is 12.0 Å². The predicted molar refractivity (Wildman–Crippen MR) is 100 cm³/mol. The lowest BCUT2D eigenvalue weighted by Crippen LogP contribution is -2.18. The van der Waals surface area contributed by atoms with E-state index in [-0.39, 0.29) is 0 Å². The molecule has 0 radical (unpaired) electrons. The summed E-state index contributed by atoms with van der Waals surface area (Å²) in [5.41, 5.74) is 3.21. The fraction of sp³-hybridized carbons (Fsp3) is 0.368. The molecule has 3 heteroatoms. The van der Waals surface area contributed by atoms with Crippen molar-refractivity contribution in [1.82, 2.24) is 0 Å². The summed E-state index contributed by atoms with van der Waals surface area (Å²) in [6.45, 7) is 1.08. The highest BCUT2D eigenvalue weighted by Crippen LogP contribution is 2.48. The van der Waals surface area contributed by atoms with E-state index in [9.17, 15) is 0 Å². The van der Waals surface area contributed by atoms with Crippen molar-refractivity contribution < 1.29 is 0 Å². The van der Waals surface area contributed by atoms with Crippen LogP contribution >= 0.6 is 23.5 Å². The molecule has 1 N–H and O–H groups in total. The predicted octanol–water partition coefficient (Wildman–Crippen LogP) is 5.57. The molecule has 1 nitrogen and oxygen atoms in total. The molecule has 0 aliphatic heterocycles. The van der Waals surface area contributed by atoms with Crippen molar-refractivity contribution >= 4 is 29.2 Å². The van der Waals surface area contributed by atoms with Crippen LogP contribution in [0.3, 0.4) is 0 Å². The largest absolute Gasteiger partial charge is 0.384 e. The average Bonchev–Trinajstić information content (AvgIpc) is 3.33. The highest BCUT2D eigenvalue weighted by molar-refractivity contribution is 7.99. The van der Waals surface area contributed by atoms with Crippen molar-refractivity contribution in [3.8, 4) is 0 Å². The first kappa shape index (κ1) is 15.8. The second kappa shape index (κ2) is 7.01. The van der Waals surface area contributed by atoms with Crippen LogP contribution in [0.2, 0.25) is 0 Å². The first-order valence-electron chi connectivity index (χ1n) is 7.74. The van der Waals surface area contributed by atoms with Crippen LogP contribution in [0.5, 0.6) is 0 Å². The molecule has 0 spiro atoms. The van der Waals surface area contributed by atoms with Crippen molar-refractivity contribution in [1.29, 1.82) is 0 Å².